The number of aliphatic carboxylic acids is 1. The topological polar surface area (TPSA) is 57.5 Å². The molecule has 1 aromatic rings. The van der Waals surface area contributed by atoms with E-state index in [1.807, 2.05) is 36.4 Å². The van der Waals surface area contributed by atoms with Gasteiger partial charge < -0.3 is 10.2 Å². The molecule has 0 aromatic heterocycles. The molecule has 0 fully saturated rings. The van der Waals surface area contributed by atoms with Gasteiger partial charge in [0.05, 0.1) is 0 Å². The summed E-state index contributed by atoms with van der Waals surface area (Å²) in [6.45, 7) is 5.13. The smallest absolute Gasteiger partial charge is 0.330 e. The first-order valence-electron chi connectivity index (χ1n) is 5.30. The van der Waals surface area contributed by atoms with Gasteiger partial charge in [-0.05, 0) is 18.9 Å². The molecule has 2 N–H and O–H groups in total. The van der Waals surface area contributed by atoms with Crippen LogP contribution in [0.3, 0.4) is 0 Å². The van der Waals surface area contributed by atoms with E-state index in [4.69, 9.17) is 10.2 Å². The van der Waals surface area contributed by atoms with Gasteiger partial charge >= 0.3 is 5.97 Å². The molecule has 0 aliphatic carbocycles. The molecular formula is C14H18O3. The van der Waals surface area contributed by atoms with Crippen molar-refractivity contribution in [1.82, 2.24) is 0 Å². The van der Waals surface area contributed by atoms with Crippen LogP contribution in [-0.2, 0) is 4.79 Å². The van der Waals surface area contributed by atoms with Gasteiger partial charge in [-0.2, -0.15) is 0 Å². The van der Waals surface area contributed by atoms with Crippen molar-refractivity contribution in [2.75, 3.05) is 6.61 Å². The van der Waals surface area contributed by atoms with E-state index in [9.17, 15) is 4.79 Å². The number of carboxylic acids is 1. The normalized spacial score (nSPS) is 10.1. The zero-order chi connectivity index (χ0) is 13.1. The van der Waals surface area contributed by atoms with Crippen LogP contribution in [0.15, 0.2) is 48.6 Å². The molecule has 0 aliphatic heterocycles. The molecule has 0 saturated carbocycles. The lowest BCUT2D eigenvalue weighted by Gasteiger charge is -1.89. The number of aliphatic hydroxyl groups is 1. The van der Waals surface area contributed by atoms with Gasteiger partial charge in [0.1, 0.15) is 0 Å². The predicted octanol–water partition coefficient (Wildman–Crippen LogP) is 2.73. The quantitative estimate of drug-likeness (QED) is 0.787. The number of benzene rings is 1. The van der Waals surface area contributed by atoms with Crippen LogP contribution in [0.2, 0.25) is 0 Å². The SMILES string of the molecule is C=Cc1ccccc1.CC(=CCCO)C(=O)O. The fourth-order valence-corrected chi connectivity index (χ4v) is 0.957. The van der Waals surface area contributed by atoms with E-state index >= 15 is 0 Å². The number of hydrogen-bond acceptors (Lipinski definition) is 2. The molecule has 0 amide bonds. The standard InChI is InChI=1S/C8H8.C6H10O3/c1-2-8-6-4-3-5-7-8;1-5(6(8)9)3-2-4-7/h2-7H,1H2;3,7H,2,4H2,1H3,(H,8,9). The number of rotatable bonds is 4. The minimum Gasteiger partial charge on any atom is -0.478 e. The average Bonchev–Trinajstić information content (AvgIpc) is 2.37. The lowest BCUT2D eigenvalue weighted by atomic mass is 10.2. The zero-order valence-corrected chi connectivity index (χ0v) is 9.97. The van der Waals surface area contributed by atoms with Crippen LogP contribution < -0.4 is 0 Å². The molecule has 0 unspecified atom stereocenters. The third-order valence-corrected chi connectivity index (χ3v) is 1.95. The van der Waals surface area contributed by atoms with E-state index in [0.717, 1.165) is 0 Å². The van der Waals surface area contributed by atoms with Crippen LogP contribution in [0.4, 0.5) is 0 Å². The second-order valence-electron chi connectivity index (χ2n) is 3.32. The van der Waals surface area contributed by atoms with E-state index in [2.05, 4.69) is 6.58 Å². The van der Waals surface area contributed by atoms with Crippen LogP contribution >= 0.6 is 0 Å². The lowest BCUT2D eigenvalue weighted by molar-refractivity contribution is -0.132. The zero-order valence-electron chi connectivity index (χ0n) is 9.97. The van der Waals surface area contributed by atoms with E-state index in [1.54, 1.807) is 0 Å². The maximum absolute atomic E-state index is 10.1. The lowest BCUT2D eigenvalue weighted by Crippen LogP contribution is -1.95. The summed E-state index contributed by atoms with van der Waals surface area (Å²) in [6.07, 6.45) is 3.74. The van der Waals surface area contributed by atoms with Crippen molar-refractivity contribution < 1.29 is 15.0 Å². The van der Waals surface area contributed by atoms with Crippen molar-refractivity contribution in [2.45, 2.75) is 13.3 Å². The van der Waals surface area contributed by atoms with E-state index in [1.165, 1.54) is 18.6 Å². The van der Waals surface area contributed by atoms with Gasteiger partial charge in [-0.1, -0.05) is 49.1 Å². The number of carboxylic acid groups (broad SMARTS) is 1. The maximum Gasteiger partial charge on any atom is 0.330 e. The van der Waals surface area contributed by atoms with Gasteiger partial charge in [0, 0.05) is 12.2 Å². The Morgan fingerprint density at radius 1 is 1.35 bits per heavy atom. The van der Waals surface area contributed by atoms with Gasteiger partial charge in [-0.15, -0.1) is 0 Å². The second kappa shape index (κ2) is 9.36. The molecule has 0 bridgehead atoms. The molecule has 1 rings (SSSR count). The molecule has 1 aromatic carbocycles. The summed E-state index contributed by atoms with van der Waals surface area (Å²) < 4.78 is 0. The van der Waals surface area contributed by atoms with Crippen LogP contribution in [0.25, 0.3) is 6.08 Å². The minimum absolute atomic E-state index is 0.00458. The highest BCUT2D eigenvalue weighted by molar-refractivity contribution is 5.85. The summed E-state index contributed by atoms with van der Waals surface area (Å²) in [5.74, 6) is -0.927. The fourth-order valence-electron chi connectivity index (χ4n) is 0.957. The molecule has 3 nitrogen and oxygen atoms in total. The summed E-state index contributed by atoms with van der Waals surface area (Å²) in [5.41, 5.74) is 1.46. The maximum atomic E-state index is 10.1. The molecule has 3 heteroatoms. The summed E-state index contributed by atoms with van der Waals surface area (Å²) in [4.78, 5) is 10.1. The van der Waals surface area contributed by atoms with Gasteiger partial charge in [0.25, 0.3) is 0 Å². The molecule has 0 aliphatic rings. The third-order valence-electron chi connectivity index (χ3n) is 1.95. The Kier molecular flexibility index (Phi) is 8.33. The van der Waals surface area contributed by atoms with Crippen LogP contribution in [0, 0.1) is 0 Å². The van der Waals surface area contributed by atoms with Crippen molar-refractivity contribution in [3.05, 3.63) is 54.1 Å². The van der Waals surface area contributed by atoms with Gasteiger partial charge in [0.2, 0.25) is 0 Å². The van der Waals surface area contributed by atoms with Crippen molar-refractivity contribution in [1.29, 1.82) is 0 Å². The molecule has 17 heavy (non-hydrogen) atoms. The van der Waals surface area contributed by atoms with Gasteiger partial charge in [-0.3, -0.25) is 0 Å². The van der Waals surface area contributed by atoms with Gasteiger partial charge in [0.15, 0.2) is 0 Å². The Morgan fingerprint density at radius 3 is 2.29 bits per heavy atom. The van der Waals surface area contributed by atoms with Crippen molar-refractivity contribution >= 4 is 12.0 Å². The van der Waals surface area contributed by atoms with E-state index < -0.39 is 5.97 Å². The van der Waals surface area contributed by atoms with Crippen LogP contribution in [0.1, 0.15) is 18.9 Å². The van der Waals surface area contributed by atoms with Gasteiger partial charge in [-0.25, -0.2) is 4.79 Å². The first-order chi connectivity index (χ1) is 8.11. The Bertz CT molecular complexity index is 366. The second-order valence-corrected chi connectivity index (χ2v) is 3.32. The Hall–Kier alpha value is -1.87. The Labute approximate surface area is 102 Å². The molecular weight excluding hydrogens is 216 g/mol. The van der Waals surface area contributed by atoms with Crippen LogP contribution in [0.5, 0.6) is 0 Å². The van der Waals surface area contributed by atoms with Crippen LogP contribution in [-0.4, -0.2) is 22.8 Å². The highest BCUT2D eigenvalue weighted by atomic mass is 16.4. The predicted molar refractivity (Wildman–Crippen MR) is 69.6 cm³/mol. The van der Waals surface area contributed by atoms with Crippen molar-refractivity contribution in [3.8, 4) is 0 Å². The number of hydrogen-bond donors (Lipinski definition) is 2. The molecule has 0 spiro atoms. The molecule has 0 heterocycles. The average molecular weight is 234 g/mol. The summed E-state index contributed by atoms with van der Waals surface area (Å²) in [7, 11) is 0. The number of carbonyl (C=O) groups is 1. The Morgan fingerprint density at radius 2 is 1.94 bits per heavy atom. The fraction of sp³-hybridized carbons (Fsp3) is 0.214. The molecule has 0 atom stereocenters. The highest BCUT2D eigenvalue weighted by Gasteiger charge is 1.96. The third kappa shape index (κ3) is 7.99. The molecule has 0 radical (unpaired) electrons. The number of aliphatic hydroxyl groups excluding tert-OH is 1. The van der Waals surface area contributed by atoms with E-state index in [0.29, 0.717) is 6.42 Å². The molecule has 0 saturated heterocycles. The first-order valence-corrected chi connectivity index (χ1v) is 5.30. The Balaban J connectivity index is 0.000000302. The van der Waals surface area contributed by atoms with E-state index in [-0.39, 0.29) is 12.2 Å². The molecule has 92 valence electrons. The van der Waals surface area contributed by atoms with Crippen molar-refractivity contribution in [2.24, 2.45) is 0 Å². The summed E-state index contributed by atoms with van der Waals surface area (Å²) in [6, 6.07) is 10.0. The van der Waals surface area contributed by atoms with Crippen molar-refractivity contribution in [3.63, 3.8) is 0 Å². The monoisotopic (exact) mass is 234 g/mol. The summed E-state index contributed by atoms with van der Waals surface area (Å²) >= 11 is 0. The largest absolute Gasteiger partial charge is 0.478 e. The highest BCUT2D eigenvalue weighted by Crippen LogP contribution is 1.97. The minimum atomic E-state index is -0.927. The first kappa shape index (κ1) is 15.1. The summed E-state index contributed by atoms with van der Waals surface area (Å²) in [5, 5.41) is 16.5.